The Morgan fingerprint density at radius 3 is 2.20 bits per heavy atom. The van der Waals surface area contributed by atoms with Gasteiger partial charge in [-0.3, -0.25) is 4.55 Å². The minimum Gasteiger partial charge on any atom is -0.285 e. The molecule has 1 atom stereocenters. The van der Waals surface area contributed by atoms with Gasteiger partial charge in [0.05, 0.1) is 5.25 Å². The first-order chi connectivity index (χ1) is 4.52. The van der Waals surface area contributed by atoms with Crippen molar-refractivity contribution in [2.45, 2.75) is 31.4 Å². The van der Waals surface area contributed by atoms with Crippen LogP contribution in [-0.4, -0.2) is 18.2 Å². The van der Waals surface area contributed by atoms with Gasteiger partial charge in [0.2, 0.25) is 0 Å². The van der Waals surface area contributed by atoms with Crippen LogP contribution in [0.4, 0.5) is 0 Å². The molecule has 0 aromatic rings. The molecular formula is C6H13O3S. The molecule has 0 aliphatic rings. The summed E-state index contributed by atoms with van der Waals surface area (Å²) in [5, 5.41) is -0.669. The fourth-order valence-electron chi connectivity index (χ4n) is 0.764. The average molecular weight is 165 g/mol. The van der Waals surface area contributed by atoms with E-state index in [-0.39, 0.29) is 6.42 Å². The van der Waals surface area contributed by atoms with Crippen LogP contribution in [0.25, 0.3) is 0 Å². The summed E-state index contributed by atoms with van der Waals surface area (Å²) in [4.78, 5) is 0. The fourth-order valence-corrected chi connectivity index (χ4v) is 1.60. The molecule has 3 nitrogen and oxygen atoms in total. The van der Waals surface area contributed by atoms with Crippen LogP contribution in [0.15, 0.2) is 0 Å². The quantitative estimate of drug-likeness (QED) is 0.638. The maximum absolute atomic E-state index is 10.5. The molecule has 1 unspecified atom stereocenters. The van der Waals surface area contributed by atoms with Crippen LogP contribution in [0.3, 0.4) is 0 Å². The molecule has 0 bridgehead atoms. The lowest BCUT2D eigenvalue weighted by molar-refractivity contribution is 0.460. The van der Waals surface area contributed by atoms with Crippen LogP contribution in [0.1, 0.15) is 26.2 Å². The molecule has 0 spiro atoms. The van der Waals surface area contributed by atoms with E-state index in [0.717, 1.165) is 6.42 Å². The van der Waals surface area contributed by atoms with E-state index in [1.165, 1.54) is 0 Å². The molecule has 61 valence electrons. The van der Waals surface area contributed by atoms with E-state index in [2.05, 4.69) is 6.92 Å². The summed E-state index contributed by atoms with van der Waals surface area (Å²) >= 11 is 0. The second-order valence-electron chi connectivity index (χ2n) is 2.21. The van der Waals surface area contributed by atoms with Crippen molar-refractivity contribution in [1.82, 2.24) is 0 Å². The zero-order valence-electron chi connectivity index (χ0n) is 6.08. The highest BCUT2D eigenvalue weighted by molar-refractivity contribution is 7.86. The third kappa shape index (κ3) is 3.17. The Balaban J connectivity index is 4.08. The summed E-state index contributed by atoms with van der Waals surface area (Å²) in [6, 6.07) is 0. The Morgan fingerprint density at radius 1 is 1.60 bits per heavy atom. The van der Waals surface area contributed by atoms with Crippen LogP contribution in [0, 0.1) is 6.92 Å². The summed E-state index contributed by atoms with van der Waals surface area (Å²) in [7, 11) is -3.84. The van der Waals surface area contributed by atoms with Gasteiger partial charge in [0.15, 0.2) is 0 Å². The largest absolute Gasteiger partial charge is 0.285 e. The van der Waals surface area contributed by atoms with Gasteiger partial charge in [0.1, 0.15) is 0 Å². The van der Waals surface area contributed by atoms with Gasteiger partial charge in [-0.2, -0.15) is 8.42 Å². The molecule has 0 amide bonds. The van der Waals surface area contributed by atoms with Gasteiger partial charge in [-0.05, 0) is 12.8 Å². The summed E-state index contributed by atoms with van der Waals surface area (Å²) < 4.78 is 29.5. The van der Waals surface area contributed by atoms with Gasteiger partial charge in [-0.15, -0.1) is 0 Å². The average Bonchev–Trinajstić information content (AvgIpc) is 1.80. The molecule has 0 saturated heterocycles. The predicted octanol–water partition coefficient (Wildman–Crippen LogP) is 1.27. The van der Waals surface area contributed by atoms with Gasteiger partial charge >= 0.3 is 0 Å². The minimum atomic E-state index is -3.84. The Hall–Kier alpha value is -0.0900. The third-order valence-corrected chi connectivity index (χ3v) is 2.67. The highest BCUT2D eigenvalue weighted by atomic mass is 32.2. The molecule has 0 aromatic carbocycles. The lowest BCUT2D eigenvalue weighted by Gasteiger charge is -2.08. The van der Waals surface area contributed by atoms with E-state index >= 15 is 0 Å². The first-order valence-electron chi connectivity index (χ1n) is 3.28. The lowest BCUT2D eigenvalue weighted by Crippen LogP contribution is -2.18. The molecule has 0 aromatic heterocycles. The van der Waals surface area contributed by atoms with Crippen molar-refractivity contribution in [2.75, 3.05) is 0 Å². The summed E-state index contributed by atoms with van der Waals surface area (Å²) in [5.74, 6) is 0. The zero-order chi connectivity index (χ0) is 8.20. The maximum atomic E-state index is 10.5. The third-order valence-electron chi connectivity index (χ3n) is 1.35. The van der Waals surface area contributed by atoms with Crippen molar-refractivity contribution in [3.8, 4) is 0 Å². The van der Waals surface area contributed by atoms with Crippen LogP contribution >= 0.6 is 0 Å². The molecule has 0 saturated carbocycles. The van der Waals surface area contributed by atoms with E-state index in [1.54, 1.807) is 0 Å². The van der Waals surface area contributed by atoms with Crippen molar-refractivity contribution in [1.29, 1.82) is 0 Å². The van der Waals surface area contributed by atoms with E-state index in [1.807, 2.05) is 6.92 Å². The van der Waals surface area contributed by atoms with Crippen molar-refractivity contribution in [2.24, 2.45) is 0 Å². The molecule has 10 heavy (non-hydrogen) atoms. The molecule has 1 radical (unpaired) electrons. The van der Waals surface area contributed by atoms with Crippen LogP contribution in [-0.2, 0) is 10.1 Å². The van der Waals surface area contributed by atoms with Crippen molar-refractivity contribution < 1.29 is 13.0 Å². The van der Waals surface area contributed by atoms with Crippen LogP contribution in [0.5, 0.6) is 0 Å². The van der Waals surface area contributed by atoms with E-state index in [9.17, 15) is 8.42 Å². The highest BCUT2D eigenvalue weighted by Crippen LogP contribution is 2.09. The molecule has 0 rings (SSSR count). The number of rotatable bonds is 4. The highest BCUT2D eigenvalue weighted by Gasteiger charge is 2.18. The molecule has 4 heteroatoms. The van der Waals surface area contributed by atoms with Gasteiger partial charge in [0, 0.05) is 0 Å². The second-order valence-corrected chi connectivity index (χ2v) is 3.91. The van der Waals surface area contributed by atoms with E-state index < -0.39 is 15.4 Å². The van der Waals surface area contributed by atoms with Crippen LogP contribution in [0.2, 0.25) is 0 Å². The van der Waals surface area contributed by atoms with Gasteiger partial charge in [-0.25, -0.2) is 0 Å². The van der Waals surface area contributed by atoms with Crippen molar-refractivity contribution >= 4 is 10.1 Å². The van der Waals surface area contributed by atoms with Gasteiger partial charge in [-0.1, -0.05) is 20.3 Å². The topological polar surface area (TPSA) is 54.4 Å². The number of hydrogen-bond donors (Lipinski definition) is 1. The molecule has 0 heterocycles. The van der Waals surface area contributed by atoms with Crippen LogP contribution < -0.4 is 0 Å². The summed E-state index contributed by atoms with van der Waals surface area (Å²) in [5.41, 5.74) is 0. The van der Waals surface area contributed by atoms with Gasteiger partial charge in [0.25, 0.3) is 10.1 Å². The normalized spacial score (nSPS) is 15.1. The molecule has 0 fully saturated rings. The van der Waals surface area contributed by atoms with Crippen molar-refractivity contribution in [3.05, 3.63) is 6.92 Å². The molecule has 1 N–H and O–H groups in total. The predicted molar refractivity (Wildman–Crippen MR) is 40.2 cm³/mol. The molecular weight excluding hydrogens is 152 g/mol. The monoisotopic (exact) mass is 165 g/mol. The smallest absolute Gasteiger partial charge is 0.267 e. The van der Waals surface area contributed by atoms with E-state index in [4.69, 9.17) is 4.55 Å². The minimum absolute atomic E-state index is 0.243. The molecule has 0 aliphatic carbocycles. The Morgan fingerprint density at radius 2 is 2.10 bits per heavy atom. The Bertz CT molecular complexity index is 171. The van der Waals surface area contributed by atoms with E-state index in [0.29, 0.717) is 6.42 Å². The second kappa shape index (κ2) is 3.93. The first kappa shape index (κ1) is 9.91. The fraction of sp³-hybridized carbons (Fsp3) is 0.833. The standard InChI is InChI=1S/C6H13O3S/c1-3-5-6(4-2)10(7,8)9/h6H,2-5H2,1H3,(H,7,8,9). The lowest BCUT2D eigenvalue weighted by atomic mass is 10.2. The Kier molecular flexibility index (Phi) is 3.89. The molecule has 0 aliphatic heterocycles. The first-order valence-corrected chi connectivity index (χ1v) is 4.78. The summed E-state index contributed by atoms with van der Waals surface area (Å²) in [6.07, 6.45) is 1.48. The SMILES string of the molecule is [CH2]CC(CCC)S(=O)(=O)O. The zero-order valence-corrected chi connectivity index (χ0v) is 6.89. The Labute approximate surface area is 62.2 Å². The van der Waals surface area contributed by atoms with Gasteiger partial charge < -0.3 is 0 Å². The van der Waals surface area contributed by atoms with Crippen molar-refractivity contribution in [3.63, 3.8) is 0 Å². The number of hydrogen-bond acceptors (Lipinski definition) is 2. The summed E-state index contributed by atoms with van der Waals surface area (Å²) in [6.45, 7) is 5.30. The maximum Gasteiger partial charge on any atom is 0.267 e.